The summed E-state index contributed by atoms with van der Waals surface area (Å²) in [6.45, 7) is 1.54. The van der Waals surface area contributed by atoms with Gasteiger partial charge in [0.15, 0.2) is 5.13 Å². The molecule has 7 heteroatoms. The molecule has 0 spiro atoms. The SMILES string of the molecule is CC(C(=O)O)N(C)CC(=O)Nc1nc2ccccc2s1. The zero-order valence-electron chi connectivity index (χ0n) is 11.2. The highest BCUT2D eigenvalue weighted by Gasteiger charge is 2.19. The van der Waals surface area contributed by atoms with Crippen LogP contribution >= 0.6 is 11.3 Å². The Morgan fingerprint density at radius 3 is 2.80 bits per heavy atom. The quantitative estimate of drug-likeness (QED) is 0.875. The van der Waals surface area contributed by atoms with Gasteiger partial charge in [0.2, 0.25) is 5.91 Å². The lowest BCUT2D eigenvalue weighted by molar-refractivity contribution is -0.142. The summed E-state index contributed by atoms with van der Waals surface area (Å²) in [6.07, 6.45) is 0. The fraction of sp³-hybridized carbons (Fsp3) is 0.308. The number of fused-ring (bicyclic) bond motifs is 1. The molecule has 0 aliphatic carbocycles. The van der Waals surface area contributed by atoms with E-state index in [2.05, 4.69) is 10.3 Å². The molecule has 0 saturated heterocycles. The number of amides is 1. The van der Waals surface area contributed by atoms with E-state index >= 15 is 0 Å². The number of aliphatic carboxylic acids is 1. The van der Waals surface area contributed by atoms with Gasteiger partial charge in [-0.25, -0.2) is 4.98 Å². The summed E-state index contributed by atoms with van der Waals surface area (Å²) in [5.74, 6) is -1.24. The zero-order valence-corrected chi connectivity index (χ0v) is 12.0. The number of hydrogen-bond acceptors (Lipinski definition) is 5. The van der Waals surface area contributed by atoms with Gasteiger partial charge in [-0.05, 0) is 26.1 Å². The molecular weight excluding hydrogens is 278 g/mol. The number of carboxylic acids is 1. The maximum Gasteiger partial charge on any atom is 0.320 e. The highest BCUT2D eigenvalue weighted by atomic mass is 32.1. The van der Waals surface area contributed by atoms with Crippen LogP contribution in [0.3, 0.4) is 0 Å². The molecule has 0 aliphatic rings. The van der Waals surface area contributed by atoms with Gasteiger partial charge in [-0.2, -0.15) is 0 Å². The number of likely N-dealkylation sites (N-methyl/N-ethyl adjacent to an activating group) is 1. The van der Waals surface area contributed by atoms with Gasteiger partial charge >= 0.3 is 5.97 Å². The van der Waals surface area contributed by atoms with Crippen LogP contribution in [-0.4, -0.2) is 46.5 Å². The molecule has 0 aliphatic heterocycles. The summed E-state index contributed by atoms with van der Waals surface area (Å²) in [7, 11) is 1.59. The predicted molar refractivity (Wildman–Crippen MR) is 78.0 cm³/mol. The Balaban J connectivity index is 1.99. The summed E-state index contributed by atoms with van der Waals surface area (Å²) in [5.41, 5.74) is 0.833. The minimum atomic E-state index is -0.958. The lowest BCUT2D eigenvalue weighted by Crippen LogP contribution is -2.40. The molecule has 1 aromatic heterocycles. The van der Waals surface area contributed by atoms with Crippen LogP contribution in [0.4, 0.5) is 5.13 Å². The lowest BCUT2D eigenvalue weighted by atomic mass is 10.3. The molecule has 0 saturated carbocycles. The fourth-order valence-corrected chi connectivity index (χ4v) is 2.52. The number of carbonyl (C=O) groups excluding carboxylic acids is 1. The number of nitrogens with zero attached hydrogens (tertiary/aromatic N) is 2. The largest absolute Gasteiger partial charge is 0.480 e. The summed E-state index contributed by atoms with van der Waals surface area (Å²) in [4.78, 5) is 28.4. The van der Waals surface area contributed by atoms with E-state index in [0.717, 1.165) is 10.2 Å². The first kappa shape index (κ1) is 14.4. The van der Waals surface area contributed by atoms with E-state index in [4.69, 9.17) is 5.11 Å². The van der Waals surface area contributed by atoms with Crippen LogP contribution in [0.2, 0.25) is 0 Å². The average Bonchev–Trinajstić information content (AvgIpc) is 2.79. The predicted octanol–water partition coefficient (Wildman–Crippen LogP) is 1.64. The van der Waals surface area contributed by atoms with Crippen molar-refractivity contribution in [3.63, 3.8) is 0 Å². The van der Waals surface area contributed by atoms with Gasteiger partial charge in [0.1, 0.15) is 6.04 Å². The minimum Gasteiger partial charge on any atom is -0.480 e. The Bertz CT molecular complexity index is 608. The maximum atomic E-state index is 11.8. The molecule has 0 fully saturated rings. The summed E-state index contributed by atoms with van der Waals surface area (Å²) >= 11 is 1.39. The molecular formula is C13H15N3O3S. The van der Waals surface area contributed by atoms with Gasteiger partial charge in [-0.1, -0.05) is 23.5 Å². The third-order valence-corrected chi connectivity index (χ3v) is 3.90. The van der Waals surface area contributed by atoms with E-state index in [1.54, 1.807) is 7.05 Å². The van der Waals surface area contributed by atoms with Crippen molar-refractivity contribution in [1.82, 2.24) is 9.88 Å². The van der Waals surface area contributed by atoms with Gasteiger partial charge in [0, 0.05) is 0 Å². The first-order valence-corrected chi connectivity index (χ1v) is 6.87. The van der Waals surface area contributed by atoms with E-state index in [0.29, 0.717) is 5.13 Å². The molecule has 1 atom stereocenters. The number of carboxylic acid groups (broad SMARTS) is 1. The number of nitrogens with one attached hydrogen (secondary N) is 1. The second kappa shape index (κ2) is 5.98. The van der Waals surface area contributed by atoms with Gasteiger partial charge < -0.3 is 10.4 Å². The van der Waals surface area contributed by atoms with Crippen molar-refractivity contribution in [2.45, 2.75) is 13.0 Å². The Kier molecular flexibility index (Phi) is 4.31. The molecule has 6 nitrogen and oxygen atoms in total. The second-order valence-corrected chi connectivity index (χ2v) is 5.49. The van der Waals surface area contributed by atoms with Gasteiger partial charge in [0.25, 0.3) is 0 Å². The molecule has 2 rings (SSSR count). The standard InChI is InChI=1S/C13H15N3O3S/c1-8(12(18)19)16(2)7-11(17)15-13-14-9-5-3-4-6-10(9)20-13/h3-6,8H,7H2,1-2H3,(H,18,19)(H,14,15,17). The molecule has 106 valence electrons. The second-order valence-electron chi connectivity index (χ2n) is 4.46. The maximum absolute atomic E-state index is 11.8. The number of hydrogen-bond donors (Lipinski definition) is 2. The van der Waals surface area contributed by atoms with Crippen LogP contribution in [0, 0.1) is 0 Å². The third kappa shape index (κ3) is 3.31. The third-order valence-electron chi connectivity index (χ3n) is 2.95. The van der Waals surface area contributed by atoms with Crippen LogP contribution in [0.25, 0.3) is 10.2 Å². The number of benzene rings is 1. The van der Waals surface area contributed by atoms with Crippen LogP contribution in [0.15, 0.2) is 24.3 Å². The Labute approximate surface area is 120 Å². The molecule has 0 bridgehead atoms. The van der Waals surface area contributed by atoms with E-state index in [9.17, 15) is 9.59 Å². The number of thiazole rings is 1. The average molecular weight is 293 g/mol. The monoisotopic (exact) mass is 293 g/mol. The first-order chi connectivity index (χ1) is 9.47. The molecule has 20 heavy (non-hydrogen) atoms. The molecule has 1 aromatic carbocycles. The first-order valence-electron chi connectivity index (χ1n) is 6.06. The molecule has 1 amide bonds. The van der Waals surface area contributed by atoms with E-state index < -0.39 is 12.0 Å². The molecule has 1 heterocycles. The Hall–Kier alpha value is -1.99. The lowest BCUT2D eigenvalue weighted by Gasteiger charge is -2.19. The Morgan fingerprint density at radius 2 is 2.15 bits per heavy atom. The highest BCUT2D eigenvalue weighted by Crippen LogP contribution is 2.25. The molecule has 1 unspecified atom stereocenters. The van der Waals surface area contributed by atoms with Gasteiger partial charge in [-0.15, -0.1) is 0 Å². The number of rotatable bonds is 5. The Morgan fingerprint density at radius 1 is 1.45 bits per heavy atom. The van der Waals surface area contributed by atoms with Crippen molar-refractivity contribution >= 4 is 38.6 Å². The van der Waals surface area contributed by atoms with Crippen molar-refractivity contribution in [3.8, 4) is 0 Å². The molecule has 0 radical (unpaired) electrons. The number of aromatic nitrogens is 1. The van der Waals surface area contributed by atoms with E-state index in [1.165, 1.54) is 23.2 Å². The van der Waals surface area contributed by atoms with Crippen LogP contribution in [-0.2, 0) is 9.59 Å². The van der Waals surface area contributed by atoms with Gasteiger partial charge in [0.05, 0.1) is 16.8 Å². The van der Waals surface area contributed by atoms with Crippen LogP contribution in [0.1, 0.15) is 6.92 Å². The summed E-state index contributed by atoms with van der Waals surface area (Å²) in [6, 6.07) is 6.89. The normalized spacial score (nSPS) is 12.6. The van der Waals surface area contributed by atoms with Crippen molar-refractivity contribution in [2.75, 3.05) is 18.9 Å². The smallest absolute Gasteiger partial charge is 0.320 e. The summed E-state index contributed by atoms with van der Waals surface area (Å²) in [5, 5.41) is 12.1. The number of carbonyl (C=O) groups is 2. The molecule has 2 aromatic rings. The topological polar surface area (TPSA) is 82.5 Å². The van der Waals surface area contributed by atoms with E-state index in [1.807, 2.05) is 24.3 Å². The number of para-hydroxylation sites is 1. The molecule has 2 N–H and O–H groups in total. The minimum absolute atomic E-state index is 0.00336. The van der Waals surface area contributed by atoms with Crippen molar-refractivity contribution in [1.29, 1.82) is 0 Å². The summed E-state index contributed by atoms with van der Waals surface area (Å²) < 4.78 is 0.995. The number of anilines is 1. The zero-order chi connectivity index (χ0) is 14.7. The van der Waals surface area contributed by atoms with Crippen LogP contribution < -0.4 is 5.32 Å². The van der Waals surface area contributed by atoms with Gasteiger partial charge in [-0.3, -0.25) is 14.5 Å². The van der Waals surface area contributed by atoms with Crippen molar-refractivity contribution in [3.05, 3.63) is 24.3 Å². The van der Waals surface area contributed by atoms with Crippen molar-refractivity contribution < 1.29 is 14.7 Å². The van der Waals surface area contributed by atoms with Crippen LogP contribution in [0.5, 0.6) is 0 Å². The fourth-order valence-electron chi connectivity index (χ4n) is 1.64. The highest BCUT2D eigenvalue weighted by molar-refractivity contribution is 7.22. The van der Waals surface area contributed by atoms with E-state index in [-0.39, 0.29) is 12.5 Å². The van der Waals surface area contributed by atoms with Crippen molar-refractivity contribution in [2.24, 2.45) is 0 Å².